The molecule has 1 saturated heterocycles. The molecule has 0 spiro atoms. The molecule has 1 aliphatic rings. The third-order valence-electron chi connectivity index (χ3n) is 7.52. The van der Waals surface area contributed by atoms with Crippen molar-refractivity contribution in [1.29, 1.82) is 0 Å². The molecule has 5 rings (SSSR count). The van der Waals surface area contributed by atoms with Crippen LogP contribution in [0.3, 0.4) is 0 Å². The normalized spacial score (nSPS) is 23.0. The number of aryl methyl sites for hydroxylation is 1. The van der Waals surface area contributed by atoms with Gasteiger partial charge in [-0.25, -0.2) is 0 Å². The van der Waals surface area contributed by atoms with Gasteiger partial charge in [0, 0.05) is 4.47 Å². The average Bonchev–Trinajstić information content (AvgIpc) is 3.01. The molecule has 2 N–H and O–H groups in total. The lowest BCUT2D eigenvalue weighted by Crippen LogP contribution is -2.61. The Morgan fingerprint density at radius 1 is 0.738 bits per heavy atom. The van der Waals surface area contributed by atoms with Crippen molar-refractivity contribution in [3.8, 4) is 0 Å². The summed E-state index contributed by atoms with van der Waals surface area (Å²) < 4.78 is 26.3. The summed E-state index contributed by atoms with van der Waals surface area (Å²) in [6.07, 6.45) is -5.29. The molecule has 4 aromatic carbocycles. The van der Waals surface area contributed by atoms with Gasteiger partial charge in [0.1, 0.15) is 36.6 Å². The molecule has 3 unspecified atom stereocenters. The lowest BCUT2D eigenvalue weighted by Gasteiger charge is -2.46. The smallest absolute Gasteiger partial charge is 0.117 e. The van der Waals surface area contributed by atoms with Crippen LogP contribution in [0.25, 0.3) is 0 Å². The fourth-order valence-electron chi connectivity index (χ4n) is 5.29. The fraction of sp³-hybridized carbons (Fsp3) is 0.314. The molecule has 7 heteroatoms. The number of rotatable bonds is 12. The Bertz CT molecular complexity index is 1370. The van der Waals surface area contributed by atoms with E-state index in [1.54, 1.807) is 0 Å². The van der Waals surface area contributed by atoms with Crippen molar-refractivity contribution in [2.45, 2.75) is 63.4 Å². The molecule has 0 bridgehead atoms. The van der Waals surface area contributed by atoms with Crippen molar-refractivity contribution >= 4 is 15.9 Å². The quantitative estimate of drug-likeness (QED) is 0.191. The van der Waals surface area contributed by atoms with Gasteiger partial charge in [-0.2, -0.15) is 0 Å². The number of hydrogen-bond acceptors (Lipinski definition) is 6. The van der Waals surface area contributed by atoms with Crippen molar-refractivity contribution in [1.82, 2.24) is 0 Å². The minimum absolute atomic E-state index is 0.166. The molecule has 0 aromatic heterocycles. The van der Waals surface area contributed by atoms with Crippen LogP contribution in [0, 0.1) is 6.92 Å². The van der Waals surface area contributed by atoms with Gasteiger partial charge in [0.15, 0.2) is 0 Å². The van der Waals surface area contributed by atoms with Crippen molar-refractivity contribution in [3.63, 3.8) is 0 Å². The summed E-state index contributed by atoms with van der Waals surface area (Å²) in [4.78, 5) is 0. The Labute approximate surface area is 256 Å². The average molecular weight is 634 g/mol. The molecular weight excluding hydrogens is 596 g/mol. The highest BCUT2D eigenvalue weighted by molar-refractivity contribution is 9.10. The van der Waals surface area contributed by atoms with E-state index >= 15 is 0 Å². The van der Waals surface area contributed by atoms with Crippen LogP contribution in [0.15, 0.2) is 114 Å². The molecule has 6 nitrogen and oxygen atoms in total. The van der Waals surface area contributed by atoms with Crippen LogP contribution in [-0.2, 0) is 38.8 Å². The zero-order chi connectivity index (χ0) is 29.3. The number of aliphatic hydroxyl groups is 2. The molecule has 0 amide bonds. The molecule has 1 fully saturated rings. The van der Waals surface area contributed by atoms with Crippen molar-refractivity contribution in [2.75, 3.05) is 6.61 Å². The Kier molecular flexibility index (Phi) is 10.9. The molecule has 1 aliphatic heterocycles. The van der Waals surface area contributed by atoms with Gasteiger partial charge in [-0.1, -0.05) is 113 Å². The lowest BCUT2D eigenvalue weighted by molar-refractivity contribution is -0.277. The summed E-state index contributed by atoms with van der Waals surface area (Å²) in [5.41, 5.74) is 4.56. The Hall–Kier alpha value is -2.88. The monoisotopic (exact) mass is 632 g/mol. The molecule has 42 heavy (non-hydrogen) atoms. The van der Waals surface area contributed by atoms with Crippen molar-refractivity contribution in [3.05, 3.63) is 141 Å². The summed E-state index contributed by atoms with van der Waals surface area (Å²) in [5.74, 6) is 0. The number of aliphatic hydroxyl groups excluding tert-OH is 2. The minimum atomic E-state index is -1.09. The largest absolute Gasteiger partial charge is 0.387 e. The molecule has 0 radical (unpaired) electrons. The first kappa shape index (κ1) is 30.6. The molecule has 0 aliphatic carbocycles. The second-order valence-corrected chi connectivity index (χ2v) is 11.5. The van der Waals surface area contributed by atoms with E-state index < -0.39 is 36.6 Å². The fourth-order valence-corrected chi connectivity index (χ4v) is 5.77. The topological polar surface area (TPSA) is 77.4 Å². The third kappa shape index (κ3) is 7.94. The number of hydrogen-bond donors (Lipinski definition) is 2. The summed E-state index contributed by atoms with van der Waals surface area (Å²) >= 11 is 3.50. The van der Waals surface area contributed by atoms with E-state index in [0.29, 0.717) is 12.2 Å². The maximum absolute atomic E-state index is 11.8. The van der Waals surface area contributed by atoms with E-state index in [0.717, 1.165) is 26.7 Å². The zero-order valence-electron chi connectivity index (χ0n) is 23.6. The van der Waals surface area contributed by atoms with Gasteiger partial charge < -0.3 is 29.2 Å². The summed E-state index contributed by atoms with van der Waals surface area (Å²) in [5, 5.41) is 23.6. The minimum Gasteiger partial charge on any atom is -0.387 e. The molecule has 1 heterocycles. The van der Waals surface area contributed by atoms with Gasteiger partial charge in [0.2, 0.25) is 0 Å². The van der Waals surface area contributed by atoms with Crippen LogP contribution in [0.1, 0.15) is 33.9 Å². The van der Waals surface area contributed by atoms with E-state index in [1.165, 1.54) is 0 Å². The van der Waals surface area contributed by atoms with E-state index in [9.17, 15) is 10.2 Å². The van der Waals surface area contributed by atoms with E-state index in [1.807, 2.05) is 116 Å². The molecule has 6 atom stereocenters. The number of ether oxygens (including phenoxy) is 4. The molecule has 0 saturated carbocycles. The Morgan fingerprint density at radius 2 is 1.26 bits per heavy atom. The zero-order valence-corrected chi connectivity index (χ0v) is 25.2. The SMILES string of the molecule is Cc1cc(Br)ccc1[C@@H](O)[C@H]1OC(COCc2ccccc2)[C@@H](OCc2ccccc2)C(O)C1OCc1ccccc1. The van der Waals surface area contributed by atoms with Crippen LogP contribution >= 0.6 is 15.9 Å². The number of benzene rings is 4. The van der Waals surface area contributed by atoms with Gasteiger partial charge >= 0.3 is 0 Å². The first-order chi connectivity index (χ1) is 20.5. The van der Waals surface area contributed by atoms with Crippen molar-refractivity contribution < 1.29 is 29.2 Å². The second-order valence-electron chi connectivity index (χ2n) is 10.6. The Balaban J connectivity index is 1.41. The van der Waals surface area contributed by atoms with Crippen LogP contribution in [0.2, 0.25) is 0 Å². The molecular formula is C35H37BrO6. The van der Waals surface area contributed by atoms with Gasteiger partial charge in [0.05, 0.1) is 26.4 Å². The van der Waals surface area contributed by atoms with Crippen LogP contribution in [-0.4, -0.2) is 47.3 Å². The number of halogens is 1. The first-order valence-electron chi connectivity index (χ1n) is 14.2. The van der Waals surface area contributed by atoms with Crippen LogP contribution < -0.4 is 0 Å². The lowest BCUT2D eigenvalue weighted by atomic mass is 9.88. The first-order valence-corrected chi connectivity index (χ1v) is 15.0. The van der Waals surface area contributed by atoms with E-state index in [4.69, 9.17) is 18.9 Å². The predicted octanol–water partition coefficient (Wildman–Crippen LogP) is 6.31. The highest BCUT2D eigenvalue weighted by Crippen LogP contribution is 2.36. The standard InChI is InChI=1S/C35H37BrO6/c1-24-19-28(36)17-18-29(24)31(37)35-34(41-22-27-15-9-4-10-16-27)32(38)33(40-21-26-13-7-3-8-14-26)30(42-35)23-39-20-25-11-5-2-6-12-25/h2-19,30-35,37-38H,20-23H2,1H3/t30?,31-,32?,33-,34?,35-/m1/s1. The maximum Gasteiger partial charge on any atom is 0.117 e. The summed E-state index contributed by atoms with van der Waals surface area (Å²) in [6.45, 7) is 3.02. The van der Waals surface area contributed by atoms with Gasteiger partial charge in [-0.15, -0.1) is 0 Å². The Morgan fingerprint density at radius 3 is 1.81 bits per heavy atom. The second kappa shape index (κ2) is 15.0. The predicted molar refractivity (Wildman–Crippen MR) is 165 cm³/mol. The van der Waals surface area contributed by atoms with Gasteiger partial charge in [0.25, 0.3) is 0 Å². The van der Waals surface area contributed by atoms with Gasteiger partial charge in [-0.05, 0) is 46.9 Å². The maximum atomic E-state index is 11.8. The van der Waals surface area contributed by atoms with Crippen LogP contribution in [0.4, 0.5) is 0 Å². The van der Waals surface area contributed by atoms with E-state index in [2.05, 4.69) is 15.9 Å². The third-order valence-corrected chi connectivity index (χ3v) is 8.01. The van der Waals surface area contributed by atoms with Crippen LogP contribution in [0.5, 0.6) is 0 Å². The van der Waals surface area contributed by atoms with Gasteiger partial charge in [-0.3, -0.25) is 0 Å². The molecule has 4 aromatic rings. The highest BCUT2D eigenvalue weighted by atomic mass is 79.9. The molecule has 220 valence electrons. The van der Waals surface area contributed by atoms with E-state index in [-0.39, 0.29) is 19.8 Å². The summed E-state index contributed by atoms with van der Waals surface area (Å²) in [6, 6.07) is 35.1. The summed E-state index contributed by atoms with van der Waals surface area (Å²) in [7, 11) is 0. The van der Waals surface area contributed by atoms with Crippen molar-refractivity contribution in [2.24, 2.45) is 0 Å². The highest BCUT2D eigenvalue weighted by Gasteiger charge is 2.49.